The second-order valence-corrected chi connectivity index (χ2v) is 12.6. The Morgan fingerprint density at radius 2 is 1.93 bits per heavy atom. The second kappa shape index (κ2) is 14.3. The van der Waals surface area contributed by atoms with Gasteiger partial charge in [-0.25, -0.2) is 9.97 Å². The molecule has 0 unspecified atom stereocenters. The Labute approximate surface area is 247 Å². The third-order valence-electron chi connectivity index (χ3n) is 8.00. The topological polar surface area (TPSA) is 77.3 Å². The van der Waals surface area contributed by atoms with Crippen LogP contribution in [0.4, 0.5) is 11.6 Å². The zero-order valence-corrected chi connectivity index (χ0v) is 25.3. The predicted molar refractivity (Wildman–Crippen MR) is 166 cm³/mol. The number of piperazine rings is 1. The summed E-state index contributed by atoms with van der Waals surface area (Å²) in [7, 11) is 0. The van der Waals surface area contributed by atoms with E-state index in [4.69, 9.17) is 9.72 Å². The summed E-state index contributed by atoms with van der Waals surface area (Å²) in [5, 5.41) is 13.4. The number of thiophene rings is 1. The first-order chi connectivity index (χ1) is 19.7. The summed E-state index contributed by atoms with van der Waals surface area (Å²) in [6, 6.07) is 12.5. The lowest BCUT2D eigenvalue weighted by molar-refractivity contribution is 0.130. The number of likely N-dealkylation sites (N-methyl/N-ethyl adjacent to an activating group) is 1. The Morgan fingerprint density at radius 3 is 2.67 bits per heavy atom. The van der Waals surface area contributed by atoms with E-state index in [1.165, 1.54) is 37.9 Å². The van der Waals surface area contributed by atoms with E-state index >= 15 is 0 Å². The molecule has 40 heavy (non-hydrogen) atoms. The summed E-state index contributed by atoms with van der Waals surface area (Å²) in [6.07, 6.45) is 10.9. The SMILES string of the molecule is CCN1CCN(CCCOc2cccc(Nc3nccc(-c4sc(SC)c(C#N)c4C4CCCCC4)n3)c2)CC1. The summed E-state index contributed by atoms with van der Waals surface area (Å²) in [4.78, 5) is 15.6. The van der Waals surface area contributed by atoms with Crippen molar-refractivity contribution in [2.24, 2.45) is 0 Å². The number of benzene rings is 1. The van der Waals surface area contributed by atoms with Crippen LogP contribution >= 0.6 is 23.1 Å². The number of thioether (sulfide) groups is 1. The van der Waals surface area contributed by atoms with Gasteiger partial charge in [0.2, 0.25) is 5.95 Å². The average molecular weight is 577 g/mol. The highest BCUT2D eigenvalue weighted by molar-refractivity contribution is 8.00. The highest BCUT2D eigenvalue weighted by atomic mass is 32.2. The van der Waals surface area contributed by atoms with E-state index in [0.29, 0.717) is 18.5 Å². The maximum Gasteiger partial charge on any atom is 0.227 e. The van der Waals surface area contributed by atoms with Crippen LogP contribution in [0, 0.1) is 11.3 Å². The van der Waals surface area contributed by atoms with Gasteiger partial charge in [-0.1, -0.05) is 32.3 Å². The lowest BCUT2D eigenvalue weighted by atomic mass is 9.82. The molecule has 0 amide bonds. The molecule has 5 rings (SSSR count). The maximum atomic E-state index is 10.0. The quantitative estimate of drug-likeness (QED) is 0.193. The molecule has 7 nitrogen and oxygen atoms in total. The molecule has 2 aliphatic rings. The molecule has 2 fully saturated rings. The molecule has 1 N–H and O–H groups in total. The number of nitrogens with one attached hydrogen (secondary N) is 1. The number of anilines is 2. The van der Waals surface area contributed by atoms with E-state index < -0.39 is 0 Å². The molecule has 0 radical (unpaired) electrons. The van der Waals surface area contributed by atoms with Crippen LogP contribution in [0.2, 0.25) is 0 Å². The van der Waals surface area contributed by atoms with E-state index in [1.807, 2.05) is 30.3 Å². The number of nitrogens with zero attached hydrogens (tertiary/aromatic N) is 5. The van der Waals surface area contributed by atoms with Crippen LogP contribution < -0.4 is 10.1 Å². The number of hydrogen-bond donors (Lipinski definition) is 1. The third kappa shape index (κ3) is 7.16. The summed E-state index contributed by atoms with van der Waals surface area (Å²) < 4.78 is 7.17. The zero-order chi connectivity index (χ0) is 27.7. The second-order valence-electron chi connectivity index (χ2n) is 10.6. The lowest BCUT2D eigenvalue weighted by Crippen LogP contribution is -2.46. The Morgan fingerprint density at radius 1 is 1.12 bits per heavy atom. The maximum absolute atomic E-state index is 10.0. The zero-order valence-electron chi connectivity index (χ0n) is 23.7. The number of rotatable bonds is 11. The molecule has 1 saturated carbocycles. The normalized spacial score (nSPS) is 17.0. The van der Waals surface area contributed by atoms with E-state index in [9.17, 15) is 5.26 Å². The molecular formula is C31H40N6OS2. The molecule has 3 heterocycles. The molecular weight excluding hydrogens is 537 g/mol. The van der Waals surface area contributed by atoms with Gasteiger partial charge in [-0.05, 0) is 61.7 Å². The van der Waals surface area contributed by atoms with Crippen molar-refractivity contribution in [3.8, 4) is 22.4 Å². The minimum atomic E-state index is 0.428. The van der Waals surface area contributed by atoms with Gasteiger partial charge >= 0.3 is 0 Å². The Balaban J connectivity index is 1.23. The van der Waals surface area contributed by atoms with Gasteiger partial charge in [0.05, 0.1) is 27.0 Å². The fourth-order valence-electron chi connectivity index (χ4n) is 5.79. The number of hydrogen-bond acceptors (Lipinski definition) is 9. The molecule has 3 aromatic rings. The van der Waals surface area contributed by atoms with E-state index in [-0.39, 0.29) is 0 Å². The van der Waals surface area contributed by atoms with Crippen molar-refractivity contribution in [3.63, 3.8) is 0 Å². The molecule has 0 spiro atoms. The van der Waals surface area contributed by atoms with E-state index in [0.717, 1.165) is 77.2 Å². The van der Waals surface area contributed by atoms with Crippen molar-refractivity contribution in [1.29, 1.82) is 5.26 Å². The molecule has 0 atom stereocenters. The standard InChI is InChI=1S/C31H40N6OS2/c1-3-36-16-18-37(19-17-36)15-8-20-38-25-12-7-11-24(21-25)34-31-33-14-13-27(35-31)29-28(23-9-5-4-6-10-23)26(22-32)30(39-2)40-29/h7,11-14,21,23H,3-6,8-10,15-20H2,1-2H3,(H,33,34,35). The van der Waals surface area contributed by atoms with Crippen molar-refractivity contribution in [2.75, 3.05) is 57.4 Å². The number of nitriles is 1. The highest BCUT2D eigenvalue weighted by Gasteiger charge is 2.28. The smallest absolute Gasteiger partial charge is 0.227 e. The largest absolute Gasteiger partial charge is 0.493 e. The summed E-state index contributed by atoms with van der Waals surface area (Å²) in [5.41, 5.74) is 3.82. The van der Waals surface area contributed by atoms with Gasteiger partial charge in [0.15, 0.2) is 0 Å². The summed E-state index contributed by atoms with van der Waals surface area (Å²) >= 11 is 3.35. The third-order valence-corrected chi connectivity index (χ3v) is 10.3. The summed E-state index contributed by atoms with van der Waals surface area (Å²) in [6.45, 7) is 9.79. The molecule has 1 aliphatic heterocycles. The van der Waals surface area contributed by atoms with Gasteiger partial charge in [-0.2, -0.15) is 5.26 Å². The molecule has 1 aliphatic carbocycles. The molecule has 9 heteroatoms. The number of ether oxygens (including phenoxy) is 1. The van der Waals surface area contributed by atoms with E-state index in [2.05, 4.69) is 39.3 Å². The average Bonchev–Trinajstić information content (AvgIpc) is 3.39. The van der Waals surface area contributed by atoms with Crippen LogP contribution in [-0.2, 0) is 0 Å². The lowest BCUT2D eigenvalue weighted by Gasteiger charge is -2.33. The number of aromatic nitrogens is 2. The molecule has 1 aromatic carbocycles. The van der Waals surface area contributed by atoms with Gasteiger partial charge in [-0.15, -0.1) is 23.1 Å². The van der Waals surface area contributed by atoms with Crippen molar-refractivity contribution < 1.29 is 4.74 Å². The van der Waals surface area contributed by atoms with Gasteiger partial charge in [-0.3, -0.25) is 0 Å². The van der Waals surface area contributed by atoms with Crippen LogP contribution in [-0.4, -0.2) is 71.9 Å². The van der Waals surface area contributed by atoms with Crippen LogP contribution in [0.1, 0.15) is 62.5 Å². The van der Waals surface area contributed by atoms with Gasteiger partial charge in [0.1, 0.15) is 11.8 Å². The van der Waals surface area contributed by atoms with Crippen LogP contribution in [0.15, 0.2) is 40.7 Å². The molecule has 212 valence electrons. The van der Waals surface area contributed by atoms with E-state index in [1.54, 1.807) is 29.3 Å². The fraction of sp³-hybridized carbons (Fsp3) is 0.516. The predicted octanol–water partition coefficient (Wildman–Crippen LogP) is 7.00. The van der Waals surface area contributed by atoms with Crippen LogP contribution in [0.5, 0.6) is 5.75 Å². The van der Waals surface area contributed by atoms with Gasteiger partial charge in [0.25, 0.3) is 0 Å². The van der Waals surface area contributed by atoms with Crippen molar-refractivity contribution in [1.82, 2.24) is 19.8 Å². The van der Waals surface area contributed by atoms with Crippen LogP contribution in [0.25, 0.3) is 10.6 Å². The van der Waals surface area contributed by atoms with Crippen molar-refractivity contribution in [2.45, 2.75) is 55.6 Å². The fourth-order valence-corrected chi connectivity index (χ4v) is 7.77. The first-order valence-electron chi connectivity index (χ1n) is 14.6. The first kappa shape index (κ1) is 28.9. The Bertz CT molecular complexity index is 1290. The summed E-state index contributed by atoms with van der Waals surface area (Å²) in [5.74, 6) is 1.82. The van der Waals surface area contributed by atoms with Gasteiger partial charge < -0.3 is 19.9 Å². The van der Waals surface area contributed by atoms with Crippen molar-refractivity contribution in [3.05, 3.63) is 47.7 Å². The van der Waals surface area contributed by atoms with Gasteiger partial charge in [0, 0.05) is 50.7 Å². The van der Waals surface area contributed by atoms with Crippen LogP contribution in [0.3, 0.4) is 0 Å². The molecule has 2 aromatic heterocycles. The first-order valence-corrected chi connectivity index (χ1v) is 16.6. The minimum absolute atomic E-state index is 0.428. The van der Waals surface area contributed by atoms with Crippen molar-refractivity contribution >= 4 is 34.7 Å². The molecule has 1 saturated heterocycles. The molecule has 0 bridgehead atoms. The highest BCUT2D eigenvalue weighted by Crippen LogP contribution is 2.47. The minimum Gasteiger partial charge on any atom is -0.493 e. The monoisotopic (exact) mass is 576 g/mol. The Hall–Kier alpha value is -2.64. The Kier molecular flexibility index (Phi) is 10.3.